The first-order valence-electron chi connectivity index (χ1n) is 6.41. The van der Waals surface area contributed by atoms with Crippen molar-refractivity contribution in [2.45, 2.75) is 19.3 Å². The van der Waals surface area contributed by atoms with Gasteiger partial charge >= 0.3 is 5.97 Å². The number of anilines is 3. The third-order valence-corrected chi connectivity index (χ3v) is 4.38. The summed E-state index contributed by atoms with van der Waals surface area (Å²) in [5.74, 6) is -0.437. The van der Waals surface area contributed by atoms with Gasteiger partial charge in [0.15, 0.2) is 5.13 Å². The van der Waals surface area contributed by atoms with Crippen molar-refractivity contribution in [3.63, 3.8) is 0 Å². The fourth-order valence-corrected chi connectivity index (χ4v) is 3.36. The molecule has 1 aromatic carbocycles. The lowest BCUT2D eigenvalue weighted by atomic mass is 10.1. The zero-order chi connectivity index (χ0) is 14.1. The summed E-state index contributed by atoms with van der Waals surface area (Å²) < 4.78 is 4.71. The van der Waals surface area contributed by atoms with Crippen molar-refractivity contribution in [2.75, 3.05) is 18.2 Å². The van der Waals surface area contributed by atoms with Crippen molar-refractivity contribution in [1.29, 1.82) is 0 Å². The molecule has 104 valence electrons. The third-order valence-electron chi connectivity index (χ3n) is 3.31. The number of fused-ring (bicyclic) bond motifs is 1. The first kappa shape index (κ1) is 12.9. The molecule has 2 aromatic rings. The van der Waals surface area contributed by atoms with E-state index in [1.807, 2.05) is 6.07 Å². The van der Waals surface area contributed by atoms with Gasteiger partial charge in [0.25, 0.3) is 0 Å². The molecule has 0 aliphatic heterocycles. The molecular formula is C14H15N3O2S. The summed E-state index contributed by atoms with van der Waals surface area (Å²) in [6.45, 7) is 0. The van der Waals surface area contributed by atoms with Gasteiger partial charge in [-0.1, -0.05) is 0 Å². The van der Waals surface area contributed by atoms with E-state index in [4.69, 9.17) is 10.5 Å². The predicted molar refractivity (Wildman–Crippen MR) is 79.6 cm³/mol. The fourth-order valence-electron chi connectivity index (χ4n) is 2.29. The molecule has 1 aromatic heterocycles. The molecule has 1 aliphatic carbocycles. The Kier molecular flexibility index (Phi) is 3.31. The minimum absolute atomic E-state index is 0.363. The minimum Gasteiger partial charge on any atom is -0.465 e. The van der Waals surface area contributed by atoms with E-state index in [0.717, 1.165) is 23.7 Å². The Labute approximate surface area is 120 Å². The summed E-state index contributed by atoms with van der Waals surface area (Å²) in [4.78, 5) is 17.5. The van der Waals surface area contributed by atoms with E-state index >= 15 is 0 Å². The quantitative estimate of drug-likeness (QED) is 0.671. The molecule has 0 saturated carbocycles. The number of aryl methyl sites for hydroxylation is 2. The second-order valence-corrected chi connectivity index (χ2v) is 5.74. The highest BCUT2D eigenvalue weighted by Gasteiger charge is 2.17. The number of hydrogen-bond donors (Lipinski definition) is 2. The maximum Gasteiger partial charge on any atom is 0.340 e. The van der Waals surface area contributed by atoms with E-state index in [9.17, 15) is 4.79 Å². The molecule has 0 fully saturated rings. The monoisotopic (exact) mass is 289 g/mol. The molecular weight excluding hydrogens is 274 g/mol. The highest BCUT2D eigenvalue weighted by Crippen LogP contribution is 2.32. The van der Waals surface area contributed by atoms with Crippen LogP contribution in [0.3, 0.4) is 0 Å². The molecule has 20 heavy (non-hydrogen) atoms. The van der Waals surface area contributed by atoms with Gasteiger partial charge in [-0.05, 0) is 37.5 Å². The van der Waals surface area contributed by atoms with E-state index in [2.05, 4.69) is 10.3 Å². The van der Waals surface area contributed by atoms with Crippen molar-refractivity contribution >= 4 is 33.8 Å². The van der Waals surface area contributed by atoms with Crippen LogP contribution in [0.25, 0.3) is 0 Å². The maximum atomic E-state index is 11.6. The largest absolute Gasteiger partial charge is 0.465 e. The number of nitrogens with two attached hydrogens (primary N) is 1. The van der Waals surface area contributed by atoms with Crippen LogP contribution in [0.15, 0.2) is 18.2 Å². The zero-order valence-corrected chi connectivity index (χ0v) is 11.9. The molecule has 0 bridgehead atoms. The molecule has 6 heteroatoms. The highest BCUT2D eigenvalue weighted by atomic mass is 32.1. The number of ether oxygens (including phenoxy) is 1. The van der Waals surface area contributed by atoms with Gasteiger partial charge in [-0.3, -0.25) is 0 Å². The van der Waals surface area contributed by atoms with Gasteiger partial charge in [0.1, 0.15) is 0 Å². The number of thiazole rings is 1. The lowest BCUT2D eigenvalue weighted by Crippen LogP contribution is -2.06. The molecule has 0 atom stereocenters. The van der Waals surface area contributed by atoms with Crippen molar-refractivity contribution < 1.29 is 9.53 Å². The topological polar surface area (TPSA) is 77.2 Å². The fraction of sp³-hybridized carbons (Fsp3) is 0.286. The number of hydrogen-bond acceptors (Lipinski definition) is 6. The van der Waals surface area contributed by atoms with Crippen LogP contribution in [-0.2, 0) is 17.6 Å². The van der Waals surface area contributed by atoms with Crippen molar-refractivity contribution in [3.8, 4) is 0 Å². The molecule has 0 radical (unpaired) electrons. The lowest BCUT2D eigenvalue weighted by molar-refractivity contribution is 0.0602. The lowest BCUT2D eigenvalue weighted by Gasteiger charge is -2.07. The number of carbonyl (C=O) groups is 1. The Hall–Kier alpha value is -2.08. The van der Waals surface area contributed by atoms with Crippen LogP contribution in [0.1, 0.15) is 27.3 Å². The first-order valence-corrected chi connectivity index (χ1v) is 7.22. The Bertz CT molecular complexity index is 645. The van der Waals surface area contributed by atoms with E-state index in [0.29, 0.717) is 11.3 Å². The number of aromatic nitrogens is 1. The molecule has 0 amide bonds. The molecule has 3 rings (SSSR count). The Morgan fingerprint density at radius 3 is 3.05 bits per heavy atom. The third kappa shape index (κ3) is 2.34. The Morgan fingerprint density at radius 2 is 2.30 bits per heavy atom. The summed E-state index contributed by atoms with van der Waals surface area (Å²) in [6, 6.07) is 5.21. The standard InChI is InChI=1S/C14H15N3O2S/c1-19-13(18)9-7-8(5-6-10(9)15)16-14-17-11-3-2-4-12(11)20-14/h5-7H,2-4,15H2,1H3,(H,16,17). The predicted octanol–water partition coefficient (Wildman–Crippen LogP) is 2.74. The SMILES string of the molecule is COC(=O)c1cc(Nc2nc3c(s2)CCC3)ccc1N. The second-order valence-electron chi connectivity index (χ2n) is 4.66. The zero-order valence-electron chi connectivity index (χ0n) is 11.1. The molecule has 3 N–H and O–H groups in total. The number of rotatable bonds is 3. The van der Waals surface area contributed by atoms with E-state index in [-0.39, 0.29) is 0 Å². The molecule has 0 spiro atoms. The highest BCUT2D eigenvalue weighted by molar-refractivity contribution is 7.15. The molecule has 1 heterocycles. The van der Waals surface area contributed by atoms with Gasteiger partial charge in [-0.2, -0.15) is 0 Å². The number of methoxy groups -OCH3 is 1. The summed E-state index contributed by atoms with van der Waals surface area (Å²) in [6.07, 6.45) is 3.37. The molecule has 0 saturated heterocycles. The van der Waals surface area contributed by atoms with Crippen LogP contribution in [-0.4, -0.2) is 18.1 Å². The maximum absolute atomic E-state index is 11.6. The molecule has 1 aliphatic rings. The van der Waals surface area contributed by atoms with Crippen LogP contribution >= 0.6 is 11.3 Å². The Morgan fingerprint density at radius 1 is 1.45 bits per heavy atom. The van der Waals surface area contributed by atoms with Crippen molar-refractivity contribution in [3.05, 3.63) is 34.3 Å². The van der Waals surface area contributed by atoms with Crippen LogP contribution in [0, 0.1) is 0 Å². The van der Waals surface area contributed by atoms with Crippen LogP contribution in [0.4, 0.5) is 16.5 Å². The number of esters is 1. The normalized spacial score (nSPS) is 13.1. The van der Waals surface area contributed by atoms with Gasteiger partial charge in [0.2, 0.25) is 0 Å². The molecule has 5 nitrogen and oxygen atoms in total. The van der Waals surface area contributed by atoms with Gasteiger partial charge in [-0.25, -0.2) is 9.78 Å². The van der Waals surface area contributed by atoms with Crippen LogP contribution in [0.5, 0.6) is 0 Å². The summed E-state index contributed by atoms with van der Waals surface area (Å²) in [5.41, 5.74) is 8.53. The van der Waals surface area contributed by atoms with E-state index in [1.165, 1.54) is 24.1 Å². The van der Waals surface area contributed by atoms with Gasteiger partial charge in [0, 0.05) is 16.3 Å². The summed E-state index contributed by atoms with van der Waals surface area (Å²) >= 11 is 1.67. The van der Waals surface area contributed by atoms with E-state index < -0.39 is 5.97 Å². The number of carbonyl (C=O) groups excluding carboxylic acids is 1. The summed E-state index contributed by atoms with van der Waals surface area (Å²) in [7, 11) is 1.34. The second kappa shape index (κ2) is 5.13. The van der Waals surface area contributed by atoms with Gasteiger partial charge in [0.05, 0.1) is 18.4 Å². The molecule has 0 unspecified atom stereocenters. The van der Waals surface area contributed by atoms with Gasteiger partial charge in [-0.15, -0.1) is 11.3 Å². The average Bonchev–Trinajstić information content (AvgIpc) is 3.01. The van der Waals surface area contributed by atoms with E-state index in [1.54, 1.807) is 23.5 Å². The minimum atomic E-state index is -0.437. The number of nitrogens with one attached hydrogen (secondary N) is 1. The number of nitrogen functional groups attached to an aromatic ring is 1. The number of benzene rings is 1. The smallest absolute Gasteiger partial charge is 0.340 e. The average molecular weight is 289 g/mol. The van der Waals surface area contributed by atoms with Crippen LogP contribution in [0.2, 0.25) is 0 Å². The summed E-state index contributed by atoms with van der Waals surface area (Å²) in [5, 5.41) is 4.08. The van der Waals surface area contributed by atoms with Crippen LogP contribution < -0.4 is 11.1 Å². The van der Waals surface area contributed by atoms with Gasteiger partial charge < -0.3 is 15.8 Å². The first-order chi connectivity index (χ1) is 9.67. The van der Waals surface area contributed by atoms with Crippen molar-refractivity contribution in [2.24, 2.45) is 0 Å². The Balaban J connectivity index is 1.85. The van der Waals surface area contributed by atoms with Crippen molar-refractivity contribution in [1.82, 2.24) is 4.98 Å². The number of nitrogens with zero attached hydrogens (tertiary/aromatic N) is 1.